The third-order valence-corrected chi connectivity index (χ3v) is 22.7. The van der Waals surface area contributed by atoms with E-state index in [-0.39, 0.29) is 17.8 Å². The van der Waals surface area contributed by atoms with E-state index < -0.39 is 5.60 Å². The summed E-state index contributed by atoms with van der Waals surface area (Å²) in [6.07, 6.45) is 26.1. The lowest BCUT2D eigenvalue weighted by molar-refractivity contribution is -0.126. The molecule has 7 aromatic carbocycles. The van der Waals surface area contributed by atoms with Gasteiger partial charge in [-0.15, -0.1) is 0 Å². The summed E-state index contributed by atoms with van der Waals surface area (Å²) in [5, 5.41) is 17.7. The number of para-hydroxylation sites is 3. The Morgan fingerprint density at radius 1 is 0.429 bits per heavy atom. The number of aromatic nitrogens is 14. The van der Waals surface area contributed by atoms with Crippen LogP contribution in [0.15, 0.2) is 200 Å². The lowest BCUT2D eigenvalue weighted by atomic mass is 10.0. The molecule has 0 atom stereocenters. The molecule has 14 aromatic rings. The van der Waals surface area contributed by atoms with E-state index >= 15 is 0 Å². The number of nitrogens with zero attached hydrogens (tertiary/aromatic N) is 20. The number of halogens is 6. The van der Waals surface area contributed by atoms with Crippen LogP contribution in [0.2, 0.25) is 20.1 Å². The first-order chi connectivity index (χ1) is 57.6. The minimum absolute atomic E-state index is 0.0185. The minimum Gasteiger partial charge on any atom is -0.536 e. The number of benzene rings is 7. The predicted octanol–water partition coefficient (Wildman–Crippen LogP) is 18.0. The summed E-state index contributed by atoms with van der Waals surface area (Å²) >= 11 is 32.7. The van der Waals surface area contributed by atoms with Gasteiger partial charge in [-0.25, -0.2) is 74.6 Å². The van der Waals surface area contributed by atoms with Crippen molar-refractivity contribution in [1.29, 1.82) is 0 Å². The SMILES string of the molecule is Brc1cccc2cncnc12.C=CC(=O)N1CCN(c2ncnc3cc(-c4cccc5cncnc45)c(Cl)cc23)CC1.C=CC(C)=O.CC(C)(C)OC(=O)N1CCN(c2ncnc3cc(-c4cccc5cncnc45)c(Cl)cc23)CC1.Clc1cc2c(N3CCCCC3)ncnc2cc1Br.O[B]Oc1cc2ncnc(N3CCCCC3)c2cc1Cl. The highest BCUT2D eigenvalue weighted by molar-refractivity contribution is 9.11. The topological polar surface area (TPSA) is 290 Å². The Morgan fingerprint density at radius 2 is 0.807 bits per heavy atom. The minimum atomic E-state index is -0.512. The van der Waals surface area contributed by atoms with Gasteiger partial charge in [-0.1, -0.05) is 108 Å². The number of fused-ring (bicyclic) bond motifs is 7. The second kappa shape index (κ2) is 40.1. The lowest BCUT2D eigenvalue weighted by Gasteiger charge is -2.36. The zero-order valence-corrected chi connectivity index (χ0v) is 71.9. The van der Waals surface area contributed by atoms with Gasteiger partial charge in [0.1, 0.15) is 78.9 Å². The number of hydrogen-bond donors (Lipinski definition) is 1. The quantitative estimate of drug-likeness (QED) is 0.0983. The number of carbonyl (C=O) groups is 3. The van der Waals surface area contributed by atoms with Crippen molar-refractivity contribution in [2.45, 2.75) is 71.8 Å². The Balaban J connectivity index is 0.000000132. The summed E-state index contributed by atoms with van der Waals surface area (Å²) in [4.78, 5) is 107. The van der Waals surface area contributed by atoms with Crippen LogP contribution in [0.25, 0.3) is 98.6 Å². The fourth-order valence-corrected chi connectivity index (χ4v) is 15.8. The monoisotopic (exact) mass is 1800 g/mol. The van der Waals surface area contributed by atoms with Gasteiger partial charge in [0.25, 0.3) is 0 Å². The van der Waals surface area contributed by atoms with E-state index in [1.165, 1.54) is 70.3 Å². The number of piperazine rings is 2. The first kappa shape index (κ1) is 85.8. The van der Waals surface area contributed by atoms with Crippen LogP contribution < -0.4 is 24.3 Å². The van der Waals surface area contributed by atoms with E-state index in [9.17, 15) is 14.4 Å². The average Bonchev–Trinajstić information content (AvgIpc) is 0.780. The number of ketones is 1. The molecule has 1 N–H and O–H groups in total. The fraction of sp³-hybridized carbons (Fsp3) is 0.267. The lowest BCUT2D eigenvalue weighted by Crippen LogP contribution is -2.50. The zero-order chi connectivity index (χ0) is 83.7. The number of hydrogen-bond acceptors (Lipinski definition) is 24. The number of carbonyl (C=O) groups excluding carboxylic acids is 3. The van der Waals surface area contributed by atoms with Gasteiger partial charge in [-0.3, -0.25) is 9.59 Å². The van der Waals surface area contributed by atoms with Crippen molar-refractivity contribution in [3.8, 4) is 28.0 Å². The van der Waals surface area contributed by atoms with Crippen LogP contribution >= 0.6 is 78.3 Å². The Hall–Kier alpha value is -11.0. The maximum atomic E-state index is 12.4. The molecule has 119 heavy (non-hydrogen) atoms. The third-order valence-electron chi connectivity index (χ3n) is 19.9. The Bertz CT molecular complexity index is 6020. The van der Waals surface area contributed by atoms with Crippen molar-refractivity contribution in [3.63, 3.8) is 0 Å². The fourth-order valence-electron chi connectivity index (χ4n) is 14.1. The molecular weight excluding hydrogens is 1720 g/mol. The first-order valence-corrected chi connectivity index (χ1v) is 41.5. The van der Waals surface area contributed by atoms with Crippen LogP contribution in [0, 0.1) is 0 Å². The van der Waals surface area contributed by atoms with Crippen molar-refractivity contribution in [2.75, 3.05) is 98.1 Å². The number of piperidine rings is 2. The van der Waals surface area contributed by atoms with Crippen molar-refractivity contribution < 1.29 is 28.8 Å². The molecule has 7 aromatic heterocycles. The van der Waals surface area contributed by atoms with Gasteiger partial charge in [0.05, 0.1) is 48.7 Å². The Kier molecular flexibility index (Phi) is 28.9. The summed E-state index contributed by atoms with van der Waals surface area (Å²) in [5.74, 6) is 3.91. The van der Waals surface area contributed by atoms with Crippen molar-refractivity contribution >= 4 is 203 Å². The van der Waals surface area contributed by atoms with Gasteiger partial charge < -0.3 is 43.8 Å². The highest BCUT2D eigenvalue weighted by Crippen LogP contribution is 2.41. The molecule has 4 aliphatic heterocycles. The molecule has 4 saturated heterocycles. The van der Waals surface area contributed by atoms with Gasteiger partial charge in [0.15, 0.2) is 5.78 Å². The molecule has 2 amide bonds. The van der Waals surface area contributed by atoms with E-state index in [0.717, 1.165) is 157 Å². The maximum absolute atomic E-state index is 12.4. The van der Waals surface area contributed by atoms with E-state index in [1.807, 2.05) is 112 Å². The predicted molar refractivity (Wildman–Crippen MR) is 481 cm³/mol. The Morgan fingerprint density at radius 3 is 1.22 bits per heavy atom. The summed E-state index contributed by atoms with van der Waals surface area (Å²) in [5.41, 5.74) is 9.00. The van der Waals surface area contributed by atoms with Gasteiger partial charge in [0, 0.05) is 182 Å². The molecule has 0 saturated carbocycles. The van der Waals surface area contributed by atoms with Crippen LogP contribution in [0.3, 0.4) is 0 Å². The van der Waals surface area contributed by atoms with Crippen LogP contribution in [-0.2, 0) is 14.3 Å². The average molecular weight is 1800 g/mol. The highest BCUT2D eigenvalue weighted by atomic mass is 79.9. The zero-order valence-electron chi connectivity index (χ0n) is 65.7. The molecule has 4 fully saturated rings. The molecule has 0 bridgehead atoms. The van der Waals surface area contributed by atoms with E-state index in [2.05, 4.69) is 134 Å². The van der Waals surface area contributed by atoms with E-state index in [4.69, 9.17) is 60.8 Å². The smallest absolute Gasteiger partial charge is 0.536 e. The van der Waals surface area contributed by atoms with Gasteiger partial charge in [-0.2, -0.15) is 0 Å². The number of ether oxygens (including phenoxy) is 1. The molecule has 18 rings (SSSR count). The molecular formula is C86H82BBr2Cl4N20O6. The summed E-state index contributed by atoms with van der Waals surface area (Å²) < 4.78 is 12.3. The summed E-state index contributed by atoms with van der Waals surface area (Å²) in [7, 11) is 0.611. The molecule has 4 aliphatic rings. The molecule has 33 heteroatoms. The van der Waals surface area contributed by atoms with Gasteiger partial charge >= 0.3 is 13.8 Å². The molecule has 607 valence electrons. The molecule has 0 aliphatic carbocycles. The second-order valence-electron chi connectivity index (χ2n) is 28.9. The molecule has 1 radical (unpaired) electrons. The second-order valence-corrected chi connectivity index (χ2v) is 32.2. The molecule has 26 nitrogen and oxygen atoms in total. The first-order valence-electron chi connectivity index (χ1n) is 38.4. The Labute approximate surface area is 724 Å². The number of amides is 2. The number of anilines is 4. The van der Waals surface area contributed by atoms with Crippen LogP contribution in [-0.4, -0.2) is 194 Å². The van der Waals surface area contributed by atoms with E-state index in [1.54, 1.807) is 72.2 Å². The van der Waals surface area contributed by atoms with Crippen LogP contribution in [0.1, 0.15) is 66.2 Å². The highest BCUT2D eigenvalue weighted by Gasteiger charge is 2.29. The van der Waals surface area contributed by atoms with Crippen molar-refractivity contribution in [3.05, 3.63) is 220 Å². The standard InChI is InChI=1S/C25H25ClN6O2.C23H19ClN6O.C13H14BClN3O2.C13H13BrClN3.C8H5BrN2.C4H6O/c1-25(2,3)34-24(33)32-9-7-31(8-10-32)23-19-11-20(26)18(12-21(19)28-15-30-23)17-6-4-5-16-13-27-14-29-22(16)17;1-2-21(31)29-6-8-30(9-7-29)23-18-10-19(24)17(11-20(18)26-14-28-23)16-5-3-4-15-12-25-13-27-22(15)16;15-10-6-9-11(7-12(10)20-14-19)16-8-17-13(9)18-4-2-1-3-5-18;14-10-7-12-9(6-11(10)15)13(17-8-16-12)18-4-2-1-3-5-18;9-7-3-1-2-6-4-10-5-11-8(6)7;1-3-4(2)5/h4-6,11-15H,7-10H2,1-3H3;2-5,10-14H,1,6-9H2;6-8,19H,1-5H2;6-8H,1-5H2;1-5H;3H,1H2,2H3. The van der Waals surface area contributed by atoms with Crippen LogP contribution in [0.4, 0.5) is 28.1 Å². The maximum Gasteiger partial charge on any atom is 0.569 e. The van der Waals surface area contributed by atoms with E-state index in [0.29, 0.717) is 85.9 Å². The third kappa shape index (κ3) is 21.2. The normalized spacial score (nSPS) is 14.1. The number of rotatable bonds is 10. The van der Waals surface area contributed by atoms with Gasteiger partial charge in [0.2, 0.25) is 5.91 Å². The number of allylic oxidation sites excluding steroid dienone is 1. The summed E-state index contributed by atoms with van der Waals surface area (Å²) in [6.45, 7) is 23.0. The summed E-state index contributed by atoms with van der Waals surface area (Å²) in [6, 6.07) is 33.0. The molecule has 11 heterocycles. The van der Waals surface area contributed by atoms with Gasteiger partial charge in [-0.05, 0) is 159 Å². The van der Waals surface area contributed by atoms with Crippen molar-refractivity contribution in [1.82, 2.24) is 79.6 Å². The van der Waals surface area contributed by atoms with Crippen LogP contribution in [0.5, 0.6) is 5.75 Å². The molecule has 0 unspecified atom stereocenters. The largest absolute Gasteiger partial charge is 0.569 e. The van der Waals surface area contributed by atoms with Crippen molar-refractivity contribution in [2.24, 2.45) is 0 Å². The molecule has 0 spiro atoms.